The molecule has 3 aromatic carbocycles. The first-order chi connectivity index (χ1) is 26.8. The van der Waals surface area contributed by atoms with Crippen LogP contribution in [0.25, 0.3) is 33.6 Å². The van der Waals surface area contributed by atoms with E-state index in [1.165, 1.54) is 0 Å². The third kappa shape index (κ3) is 7.91. The van der Waals surface area contributed by atoms with E-state index in [0.717, 1.165) is 91.2 Å². The molecule has 2 aromatic heterocycles. The van der Waals surface area contributed by atoms with Gasteiger partial charge in [0.25, 0.3) is 5.91 Å². The van der Waals surface area contributed by atoms with Crippen LogP contribution in [0.4, 0.5) is 4.79 Å². The summed E-state index contributed by atoms with van der Waals surface area (Å²) in [5, 5.41) is 11.9. The summed E-state index contributed by atoms with van der Waals surface area (Å²) < 4.78 is 0. The Morgan fingerprint density at radius 1 is 0.727 bits per heavy atom. The minimum Gasteiger partial charge on any atom is -0.465 e. The van der Waals surface area contributed by atoms with E-state index >= 15 is 0 Å². The molecule has 4 atom stereocenters. The highest BCUT2D eigenvalue weighted by Gasteiger charge is 2.38. The van der Waals surface area contributed by atoms with Gasteiger partial charge in [-0.15, -0.1) is 0 Å². The van der Waals surface area contributed by atoms with Crippen LogP contribution in [0, 0.1) is 0 Å². The number of H-pyrrole nitrogens is 2. The monoisotopic (exact) mass is 742 g/mol. The maximum absolute atomic E-state index is 13.7. The predicted octanol–water partition coefficient (Wildman–Crippen LogP) is 7.59. The van der Waals surface area contributed by atoms with E-state index in [-0.39, 0.29) is 29.9 Å². The summed E-state index contributed by atoms with van der Waals surface area (Å²) in [7, 11) is 0. The highest BCUT2D eigenvalue weighted by molar-refractivity contribution is 5.87. The molecule has 3 amide bonds. The van der Waals surface area contributed by atoms with Crippen LogP contribution >= 0.6 is 0 Å². The highest BCUT2D eigenvalue weighted by Crippen LogP contribution is 2.36. The summed E-state index contributed by atoms with van der Waals surface area (Å²) in [6, 6.07) is 24.2. The molecule has 2 fully saturated rings. The zero-order valence-corrected chi connectivity index (χ0v) is 31.7. The van der Waals surface area contributed by atoms with E-state index in [9.17, 15) is 19.5 Å². The van der Waals surface area contributed by atoms with E-state index in [1.807, 2.05) is 17.2 Å². The quantitative estimate of drug-likeness (QED) is 0.0971. The fourth-order valence-electron chi connectivity index (χ4n) is 8.29. The Morgan fingerprint density at radius 3 is 1.65 bits per heavy atom. The van der Waals surface area contributed by atoms with Crippen LogP contribution < -0.4 is 5.32 Å². The minimum absolute atomic E-state index is 0.0395. The molecule has 2 aliphatic heterocycles. The fraction of sp³-hybridized carbons (Fsp3) is 0.372. The maximum Gasteiger partial charge on any atom is 0.405 e. The highest BCUT2D eigenvalue weighted by atomic mass is 16.4. The van der Waals surface area contributed by atoms with Gasteiger partial charge in [0.1, 0.15) is 17.7 Å². The number of carbonyl (C=O) groups is 3. The van der Waals surface area contributed by atoms with Crippen LogP contribution in [0.15, 0.2) is 91.3 Å². The Hall–Kier alpha value is -5.75. The van der Waals surface area contributed by atoms with Crippen LogP contribution in [0.1, 0.15) is 88.2 Å². The van der Waals surface area contributed by atoms with Crippen molar-refractivity contribution in [1.29, 1.82) is 0 Å². The molecule has 7 rings (SSSR count). The number of imidazole rings is 2. The van der Waals surface area contributed by atoms with Crippen LogP contribution in [0.2, 0.25) is 0 Å². The fourth-order valence-corrected chi connectivity index (χ4v) is 8.29. The molecule has 12 heteroatoms. The van der Waals surface area contributed by atoms with E-state index in [0.29, 0.717) is 17.9 Å². The van der Waals surface area contributed by atoms with Crippen molar-refractivity contribution in [3.05, 3.63) is 108 Å². The van der Waals surface area contributed by atoms with Crippen LogP contribution in [0.3, 0.4) is 0 Å². The van der Waals surface area contributed by atoms with Crippen molar-refractivity contribution in [2.24, 2.45) is 0 Å². The van der Waals surface area contributed by atoms with Crippen molar-refractivity contribution in [1.82, 2.24) is 40.0 Å². The van der Waals surface area contributed by atoms with E-state index in [2.05, 4.69) is 94.5 Å². The van der Waals surface area contributed by atoms with Gasteiger partial charge in [-0.25, -0.2) is 14.8 Å². The molecular formula is C43H50N8O4. The van der Waals surface area contributed by atoms with Gasteiger partial charge in [0, 0.05) is 13.1 Å². The van der Waals surface area contributed by atoms with Gasteiger partial charge < -0.3 is 30.2 Å². The van der Waals surface area contributed by atoms with Gasteiger partial charge in [-0.2, -0.15) is 0 Å². The standard InChI is InChI=1S/C43H50N8O4/c1-4-35(49(5-2)6-3)41(52)50-24-10-14-36(50)39-44-26-33(46-39)30-20-16-28(17-21-30)29-18-22-31(23-19-29)34-27-45-40(47-34)37-15-11-25-51(37)42(53)38(48-43(54)55)32-12-8-7-9-13-32/h7-9,12-13,16-23,26-27,35-38,48H,4-6,10-11,14-15,24-25H2,1-3H3,(H,44,46)(H,45,47)(H,54,55)/t35-,36+,37+,38-/m1/s1. The third-order valence-corrected chi connectivity index (χ3v) is 11.2. The molecule has 2 saturated heterocycles. The van der Waals surface area contributed by atoms with Gasteiger partial charge in [-0.3, -0.25) is 14.5 Å². The van der Waals surface area contributed by atoms with Crippen molar-refractivity contribution >= 4 is 17.9 Å². The molecule has 0 aliphatic carbocycles. The zero-order chi connectivity index (χ0) is 38.5. The number of hydrogen-bond donors (Lipinski definition) is 4. The van der Waals surface area contributed by atoms with E-state index < -0.39 is 12.1 Å². The number of nitrogens with one attached hydrogen (secondary N) is 3. The number of aromatic amines is 2. The van der Waals surface area contributed by atoms with Gasteiger partial charge in [0.15, 0.2) is 0 Å². The number of rotatable bonds is 13. The Balaban J connectivity index is 1.01. The molecule has 12 nitrogen and oxygen atoms in total. The summed E-state index contributed by atoms with van der Waals surface area (Å²) in [6.45, 7) is 9.31. The summed E-state index contributed by atoms with van der Waals surface area (Å²) in [5.74, 6) is 1.44. The number of amides is 3. The number of nitrogens with zero attached hydrogens (tertiary/aromatic N) is 5. The van der Waals surface area contributed by atoms with Gasteiger partial charge in [-0.1, -0.05) is 99.6 Å². The molecule has 55 heavy (non-hydrogen) atoms. The van der Waals surface area contributed by atoms with Gasteiger partial charge >= 0.3 is 6.09 Å². The van der Waals surface area contributed by atoms with Crippen molar-refractivity contribution in [2.45, 2.75) is 77.0 Å². The number of likely N-dealkylation sites (N-methyl/N-ethyl adjacent to an activating group) is 1. The second kappa shape index (κ2) is 16.7. The molecule has 4 heterocycles. The molecule has 0 radical (unpaired) electrons. The molecule has 2 aliphatic rings. The Labute approximate surface area is 322 Å². The predicted molar refractivity (Wildman–Crippen MR) is 212 cm³/mol. The SMILES string of the molecule is CC[C@H](C(=O)N1CCC[C@H]1c1ncc(-c2ccc(-c3ccc(-c4cnc([C@@H]5CCCN5C(=O)[C@H](NC(=O)O)c5ccccc5)[nH]4)cc3)cc2)[nH]1)N(CC)CC. The zero-order valence-electron chi connectivity index (χ0n) is 31.7. The summed E-state index contributed by atoms with van der Waals surface area (Å²) >= 11 is 0. The number of benzene rings is 3. The van der Waals surface area contributed by atoms with Crippen LogP contribution in [0.5, 0.6) is 0 Å². The molecular weight excluding hydrogens is 693 g/mol. The Morgan fingerprint density at radius 2 is 1.20 bits per heavy atom. The summed E-state index contributed by atoms with van der Waals surface area (Å²) in [6.07, 6.45) is 6.61. The first-order valence-electron chi connectivity index (χ1n) is 19.5. The lowest BCUT2D eigenvalue weighted by atomic mass is 10.0. The second-order valence-corrected chi connectivity index (χ2v) is 14.3. The molecule has 286 valence electrons. The number of aromatic nitrogens is 4. The molecule has 0 bridgehead atoms. The maximum atomic E-state index is 13.7. The lowest BCUT2D eigenvalue weighted by Gasteiger charge is -2.33. The number of hydrogen-bond acceptors (Lipinski definition) is 6. The van der Waals surface area contributed by atoms with Crippen LogP contribution in [-0.2, 0) is 9.59 Å². The average molecular weight is 743 g/mol. The van der Waals surface area contributed by atoms with Crippen molar-refractivity contribution in [3.63, 3.8) is 0 Å². The third-order valence-electron chi connectivity index (χ3n) is 11.2. The van der Waals surface area contributed by atoms with Crippen molar-refractivity contribution in [3.8, 4) is 33.6 Å². The number of likely N-dealkylation sites (tertiary alicyclic amines) is 2. The Bertz CT molecular complexity index is 2070. The van der Waals surface area contributed by atoms with Crippen LogP contribution in [-0.4, -0.2) is 89.9 Å². The lowest BCUT2D eigenvalue weighted by molar-refractivity contribution is -0.138. The van der Waals surface area contributed by atoms with Crippen molar-refractivity contribution in [2.75, 3.05) is 26.2 Å². The smallest absolute Gasteiger partial charge is 0.405 e. The topological polar surface area (TPSA) is 151 Å². The average Bonchev–Trinajstić information content (AvgIpc) is 4.06. The lowest BCUT2D eigenvalue weighted by Crippen LogP contribution is -2.48. The normalized spacial score (nSPS) is 18.1. The molecule has 4 N–H and O–H groups in total. The summed E-state index contributed by atoms with van der Waals surface area (Å²) in [5.41, 5.74) is 6.53. The van der Waals surface area contributed by atoms with Crippen molar-refractivity contribution < 1.29 is 19.5 Å². The van der Waals surface area contributed by atoms with Gasteiger partial charge in [0.05, 0.1) is 41.9 Å². The first-order valence-corrected chi connectivity index (χ1v) is 19.5. The van der Waals surface area contributed by atoms with Gasteiger partial charge in [-0.05, 0) is 73.0 Å². The number of carbonyl (C=O) groups excluding carboxylic acids is 2. The summed E-state index contributed by atoms with van der Waals surface area (Å²) in [4.78, 5) is 61.4. The van der Waals surface area contributed by atoms with E-state index in [1.54, 1.807) is 35.4 Å². The largest absolute Gasteiger partial charge is 0.465 e. The minimum atomic E-state index is -1.25. The number of carboxylic acid groups (broad SMARTS) is 1. The second-order valence-electron chi connectivity index (χ2n) is 14.3. The van der Waals surface area contributed by atoms with Gasteiger partial charge in [0.2, 0.25) is 5.91 Å². The molecule has 0 spiro atoms. The Kier molecular flexibility index (Phi) is 11.4. The molecule has 5 aromatic rings. The van der Waals surface area contributed by atoms with E-state index in [4.69, 9.17) is 4.98 Å². The molecule has 0 saturated carbocycles. The first kappa shape index (κ1) is 37.6. The molecule has 0 unspecified atom stereocenters.